The van der Waals surface area contributed by atoms with Crippen molar-refractivity contribution in [3.05, 3.63) is 69.0 Å². The third kappa shape index (κ3) is 3.96. The molecule has 1 unspecified atom stereocenters. The van der Waals surface area contributed by atoms with Gasteiger partial charge >= 0.3 is 0 Å². The van der Waals surface area contributed by atoms with Crippen LogP contribution < -0.4 is 0 Å². The molecule has 0 radical (unpaired) electrons. The molecule has 1 atom stereocenters. The second-order valence-electron chi connectivity index (χ2n) is 5.98. The van der Waals surface area contributed by atoms with Crippen molar-refractivity contribution in [2.45, 2.75) is 24.3 Å². The Labute approximate surface area is 161 Å². The van der Waals surface area contributed by atoms with Gasteiger partial charge in [-0.2, -0.15) is 11.8 Å². The Hall–Kier alpha value is -1.24. The Bertz CT molecular complexity index is 885. The first-order valence-electron chi connectivity index (χ1n) is 7.88. The van der Waals surface area contributed by atoms with Gasteiger partial charge < -0.3 is 4.74 Å². The quantitative estimate of drug-likeness (QED) is 0.654. The van der Waals surface area contributed by atoms with Gasteiger partial charge in [-0.25, -0.2) is 8.42 Å². The standard InChI is InChI=1S/C19H19BrO3S2/c1-13-3-9-17(10-4-13)25(21,22)18-11-16(12-24-2)23-19(18)14-5-7-15(20)8-6-14/h3-10,16H,11-12H2,1-2H3. The molecule has 2 aromatic rings. The number of thioether (sulfide) groups is 1. The summed E-state index contributed by atoms with van der Waals surface area (Å²) in [7, 11) is -3.58. The van der Waals surface area contributed by atoms with Gasteiger partial charge in [0.1, 0.15) is 11.9 Å². The topological polar surface area (TPSA) is 43.4 Å². The highest BCUT2D eigenvalue weighted by atomic mass is 79.9. The second kappa shape index (κ2) is 7.56. The molecule has 3 rings (SSSR count). The van der Waals surface area contributed by atoms with Gasteiger partial charge in [-0.1, -0.05) is 45.8 Å². The SMILES string of the molecule is CSCC1CC(S(=O)(=O)c2ccc(C)cc2)=C(c2ccc(Br)cc2)O1. The number of halogens is 1. The van der Waals surface area contributed by atoms with Crippen molar-refractivity contribution in [3.63, 3.8) is 0 Å². The van der Waals surface area contributed by atoms with E-state index in [4.69, 9.17) is 4.74 Å². The molecule has 3 nitrogen and oxygen atoms in total. The van der Waals surface area contributed by atoms with Gasteiger partial charge in [-0.3, -0.25) is 0 Å². The number of rotatable bonds is 5. The lowest BCUT2D eigenvalue weighted by molar-refractivity contribution is 0.215. The van der Waals surface area contributed by atoms with Crippen LogP contribution in [0.5, 0.6) is 0 Å². The highest BCUT2D eigenvalue weighted by Crippen LogP contribution is 2.39. The van der Waals surface area contributed by atoms with E-state index in [0.717, 1.165) is 21.4 Å². The molecule has 0 aromatic heterocycles. The first-order valence-corrected chi connectivity index (χ1v) is 11.6. The highest BCUT2D eigenvalue weighted by molar-refractivity contribution is 9.10. The zero-order valence-electron chi connectivity index (χ0n) is 14.0. The van der Waals surface area contributed by atoms with Gasteiger partial charge in [-0.15, -0.1) is 0 Å². The Kier molecular flexibility index (Phi) is 5.61. The fourth-order valence-corrected chi connectivity index (χ4v) is 5.19. The molecule has 1 aliphatic rings. The van der Waals surface area contributed by atoms with Gasteiger partial charge in [0.15, 0.2) is 0 Å². The lowest BCUT2D eigenvalue weighted by Crippen LogP contribution is -2.11. The molecule has 0 aliphatic carbocycles. The van der Waals surface area contributed by atoms with Gasteiger partial charge in [0.25, 0.3) is 0 Å². The number of sulfone groups is 1. The van der Waals surface area contributed by atoms with E-state index in [1.54, 1.807) is 23.9 Å². The molecule has 0 N–H and O–H groups in total. The number of benzene rings is 2. The van der Waals surface area contributed by atoms with E-state index in [9.17, 15) is 8.42 Å². The highest BCUT2D eigenvalue weighted by Gasteiger charge is 2.35. The van der Waals surface area contributed by atoms with Crippen molar-refractivity contribution in [2.75, 3.05) is 12.0 Å². The summed E-state index contributed by atoms with van der Waals surface area (Å²) in [5.74, 6) is 1.24. The molecule has 25 heavy (non-hydrogen) atoms. The van der Waals surface area contributed by atoms with Crippen molar-refractivity contribution >= 4 is 43.3 Å². The minimum absolute atomic E-state index is 0.121. The first-order chi connectivity index (χ1) is 11.9. The van der Waals surface area contributed by atoms with Crippen LogP contribution in [0.1, 0.15) is 17.5 Å². The average molecular weight is 439 g/mol. The average Bonchev–Trinajstić information content (AvgIpc) is 3.01. The fourth-order valence-electron chi connectivity index (χ4n) is 2.77. The summed E-state index contributed by atoms with van der Waals surface area (Å²) in [5.41, 5.74) is 1.82. The Morgan fingerprint density at radius 1 is 1.12 bits per heavy atom. The number of ether oxygens (including phenoxy) is 1. The van der Waals surface area contributed by atoms with Crippen molar-refractivity contribution in [1.29, 1.82) is 0 Å². The molecule has 0 fully saturated rings. The summed E-state index contributed by atoms with van der Waals surface area (Å²) < 4.78 is 33.4. The van der Waals surface area contributed by atoms with Gasteiger partial charge in [-0.05, 0) is 37.4 Å². The minimum atomic E-state index is -3.58. The van der Waals surface area contributed by atoms with E-state index in [2.05, 4.69) is 15.9 Å². The molecule has 132 valence electrons. The summed E-state index contributed by atoms with van der Waals surface area (Å²) in [4.78, 5) is 0.689. The van der Waals surface area contributed by atoms with Crippen LogP contribution in [0.15, 0.2) is 62.8 Å². The molecule has 1 aliphatic heterocycles. The fraction of sp³-hybridized carbons (Fsp3) is 0.263. The number of aryl methyl sites for hydroxylation is 1. The van der Waals surface area contributed by atoms with Crippen LogP contribution in [0.25, 0.3) is 5.76 Å². The van der Waals surface area contributed by atoms with Crippen LogP contribution in [-0.2, 0) is 14.6 Å². The van der Waals surface area contributed by atoms with E-state index in [0.29, 0.717) is 22.0 Å². The third-order valence-corrected chi connectivity index (χ3v) is 7.19. The Morgan fingerprint density at radius 2 is 1.76 bits per heavy atom. The first kappa shape index (κ1) is 18.5. The van der Waals surface area contributed by atoms with Crippen LogP contribution >= 0.6 is 27.7 Å². The molecule has 0 amide bonds. The van der Waals surface area contributed by atoms with E-state index in [-0.39, 0.29) is 6.10 Å². The van der Waals surface area contributed by atoms with E-state index in [1.165, 1.54) is 0 Å². The van der Waals surface area contributed by atoms with Crippen LogP contribution in [0.3, 0.4) is 0 Å². The smallest absolute Gasteiger partial charge is 0.206 e. The molecule has 0 bridgehead atoms. The Balaban J connectivity index is 2.08. The zero-order chi connectivity index (χ0) is 18.0. The lowest BCUT2D eigenvalue weighted by atomic mass is 10.2. The molecule has 2 aromatic carbocycles. The molecule has 6 heteroatoms. The predicted molar refractivity (Wildman–Crippen MR) is 107 cm³/mol. The van der Waals surface area contributed by atoms with Crippen LogP contribution in [0.4, 0.5) is 0 Å². The molecule has 0 saturated heterocycles. The van der Waals surface area contributed by atoms with E-state index in [1.807, 2.05) is 49.6 Å². The molecule has 1 heterocycles. The summed E-state index contributed by atoms with van der Waals surface area (Å²) in [6.45, 7) is 1.94. The van der Waals surface area contributed by atoms with E-state index < -0.39 is 9.84 Å². The maximum atomic E-state index is 13.2. The molecular formula is C19H19BrO3S2. The maximum absolute atomic E-state index is 13.2. The summed E-state index contributed by atoms with van der Waals surface area (Å²) >= 11 is 5.07. The largest absolute Gasteiger partial charge is 0.488 e. The number of hydrogen-bond donors (Lipinski definition) is 0. The van der Waals surface area contributed by atoms with Gasteiger partial charge in [0.2, 0.25) is 9.84 Å². The zero-order valence-corrected chi connectivity index (χ0v) is 17.2. The predicted octanol–water partition coefficient (Wildman–Crippen LogP) is 5.05. The summed E-state index contributed by atoms with van der Waals surface area (Å²) in [6, 6.07) is 14.5. The van der Waals surface area contributed by atoms with Crippen LogP contribution in [0.2, 0.25) is 0 Å². The maximum Gasteiger partial charge on any atom is 0.206 e. The molecular weight excluding hydrogens is 420 g/mol. The lowest BCUT2D eigenvalue weighted by Gasteiger charge is -2.11. The molecule has 0 saturated carbocycles. The number of hydrogen-bond acceptors (Lipinski definition) is 4. The minimum Gasteiger partial charge on any atom is -0.488 e. The second-order valence-corrected chi connectivity index (χ2v) is 9.77. The van der Waals surface area contributed by atoms with Gasteiger partial charge in [0.05, 0.1) is 9.80 Å². The van der Waals surface area contributed by atoms with Crippen LogP contribution in [-0.4, -0.2) is 26.5 Å². The summed E-state index contributed by atoms with van der Waals surface area (Å²) in [6.07, 6.45) is 2.28. The van der Waals surface area contributed by atoms with Crippen LogP contribution in [0, 0.1) is 6.92 Å². The third-order valence-electron chi connectivity index (χ3n) is 4.07. The molecule has 0 spiro atoms. The van der Waals surface area contributed by atoms with Crippen molar-refractivity contribution in [1.82, 2.24) is 0 Å². The Morgan fingerprint density at radius 3 is 2.36 bits per heavy atom. The van der Waals surface area contributed by atoms with E-state index >= 15 is 0 Å². The normalized spacial score (nSPS) is 17.6. The van der Waals surface area contributed by atoms with Crippen molar-refractivity contribution < 1.29 is 13.2 Å². The van der Waals surface area contributed by atoms with Gasteiger partial charge in [0, 0.05) is 22.2 Å². The summed E-state index contributed by atoms with van der Waals surface area (Å²) in [5, 5.41) is 0. The van der Waals surface area contributed by atoms with Crippen molar-refractivity contribution in [3.8, 4) is 0 Å². The van der Waals surface area contributed by atoms with Crippen molar-refractivity contribution in [2.24, 2.45) is 0 Å². The monoisotopic (exact) mass is 438 g/mol.